The normalized spacial score (nSPS) is 15.1. The van der Waals surface area contributed by atoms with Gasteiger partial charge in [-0.05, 0) is 61.6 Å². The van der Waals surface area contributed by atoms with E-state index in [1.807, 2.05) is 53.4 Å². The number of carbonyl (C=O) groups excluding carboxylic acids is 1. The van der Waals surface area contributed by atoms with Crippen LogP contribution in [0.3, 0.4) is 0 Å². The number of methoxy groups -OCH3 is 1. The molecule has 2 aromatic carbocycles. The Balaban J connectivity index is 1.91. The molecule has 0 radical (unpaired) electrons. The van der Waals surface area contributed by atoms with Crippen LogP contribution in [0.2, 0.25) is 0 Å². The SMILES string of the molecule is CCC(c1nc2ccccc2c(=O)n1-c1ccc(OC)cc1)N(CC(C)C)C(=O)C1CCCC1. The number of aromatic nitrogens is 2. The highest BCUT2D eigenvalue weighted by molar-refractivity contribution is 5.80. The van der Waals surface area contributed by atoms with Crippen molar-refractivity contribution in [2.45, 2.75) is 58.9 Å². The number of rotatable bonds is 8. The first-order chi connectivity index (χ1) is 16.4. The van der Waals surface area contributed by atoms with Gasteiger partial charge in [0.1, 0.15) is 11.6 Å². The van der Waals surface area contributed by atoms with Crippen molar-refractivity contribution in [1.29, 1.82) is 0 Å². The Kier molecular flexibility index (Phi) is 7.35. The standard InChI is InChI=1S/C28H35N3O3/c1-5-25(30(18-19(2)3)27(32)20-10-6-7-11-20)26-29-24-13-9-8-12-23(24)28(33)31(26)21-14-16-22(34-4)17-15-21/h8-9,12-17,19-20,25H,5-7,10-11,18H2,1-4H3. The first-order valence-corrected chi connectivity index (χ1v) is 12.4. The summed E-state index contributed by atoms with van der Waals surface area (Å²) in [5, 5.41) is 0.564. The maximum atomic E-state index is 13.8. The van der Waals surface area contributed by atoms with E-state index in [1.165, 1.54) is 0 Å². The summed E-state index contributed by atoms with van der Waals surface area (Å²) in [7, 11) is 1.62. The van der Waals surface area contributed by atoms with E-state index in [0.717, 1.165) is 37.1 Å². The summed E-state index contributed by atoms with van der Waals surface area (Å²) in [6.45, 7) is 6.97. The smallest absolute Gasteiger partial charge is 0.266 e. The van der Waals surface area contributed by atoms with Crippen LogP contribution in [-0.2, 0) is 4.79 Å². The Morgan fingerprint density at radius 3 is 2.41 bits per heavy atom. The molecule has 4 rings (SSSR count). The zero-order chi connectivity index (χ0) is 24.2. The molecule has 1 amide bonds. The van der Waals surface area contributed by atoms with E-state index in [0.29, 0.717) is 35.6 Å². The Morgan fingerprint density at radius 1 is 1.12 bits per heavy atom. The van der Waals surface area contributed by atoms with Crippen molar-refractivity contribution in [2.24, 2.45) is 11.8 Å². The van der Waals surface area contributed by atoms with Crippen molar-refractivity contribution < 1.29 is 9.53 Å². The molecule has 1 atom stereocenters. The van der Waals surface area contributed by atoms with Gasteiger partial charge < -0.3 is 9.64 Å². The second kappa shape index (κ2) is 10.4. The number of fused-ring (bicyclic) bond motifs is 1. The van der Waals surface area contributed by atoms with E-state index in [9.17, 15) is 9.59 Å². The molecule has 0 N–H and O–H groups in total. The maximum absolute atomic E-state index is 13.8. The van der Waals surface area contributed by atoms with Crippen LogP contribution in [0.25, 0.3) is 16.6 Å². The van der Waals surface area contributed by atoms with Crippen LogP contribution in [0, 0.1) is 11.8 Å². The molecule has 1 aliphatic carbocycles. The molecule has 1 aromatic heterocycles. The van der Waals surface area contributed by atoms with Gasteiger partial charge in [0.2, 0.25) is 5.91 Å². The molecule has 1 heterocycles. The van der Waals surface area contributed by atoms with E-state index < -0.39 is 0 Å². The zero-order valence-corrected chi connectivity index (χ0v) is 20.7. The van der Waals surface area contributed by atoms with Crippen molar-refractivity contribution in [3.8, 4) is 11.4 Å². The maximum Gasteiger partial charge on any atom is 0.266 e. The third-order valence-corrected chi connectivity index (χ3v) is 6.74. The molecule has 6 nitrogen and oxygen atoms in total. The van der Waals surface area contributed by atoms with Gasteiger partial charge in [-0.3, -0.25) is 14.2 Å². The predicted molar refractivity (Wildman–Crippen MR) is 135 cm³/mol. The zero-order valence-electron chi connectivity index (χ0n) is 20.7. The van der Waals surface area contributed by atoms with Crippen molar-refractivity contribution in [1.82, 2.24) is 14.5 Å². The molecule has 0 aliphatic heterocycles. The van der Waals surface area contributed by atoms with E-state index in [4.69, 9.17) is 9.72 Å². The molecular formula is C28H35N3O3. The second-order valence-corrected chi connectivity index (χ2v) is 9.62. The minimum absolute atomic E-state index is 0.0643. The number of hydrogen-bond donors (Lipinski definition) is 0. The number of nitrogens with zero attached hydrogens (tertiary/aromatic N) is 3. The summed E-state index contributed by atoms with van der Waals surface area (Å²) >= 11 is 0. The van der Waals surface area contributed by atoms with Gasteiger partial charge in [-0.2, -0.15) is 0 Å². The quantitative estimate of drug-likeness (QED) is 0.443. The fraction of sp³-hybridized carbons (Fsp3) is 0.464. The lowest BCUT2D eigenvalue weighted by Crippen LogP contribution is -2.42. The predicted octanol–water partition coefficient (Wildman–Crippen LogP) is 5.52. The van der Waals surface area contributed by atoms with Gasteiger partial charge in [-0.15, -0.1) is 0 Å². The van der Waals surface area contributed by atoms with E-state index >= 15 is 0 Å². The van der Waals surface area contributed by atoms with Crippen LogP contribution in [0.15, 0.2) is 53.3 Å². The van der Waals surface area contributed by atoms with Crippen LogP contribution in [0.5, 0.6) is 5.75 Å². The van der Waals surface area contributed by atoms with Crippen LogP contribution >= 0.6 is 0 Å². The summed E-state index contributed by atoms with van der Waals surface area (Å²) in [5.74, 6) is 1.90. The molecule has 1 saturated carbocycles. The van der Waals surface area contributed by atoms with Crippen molar-refractivity contribution in [3.63, 3.8) is 0 Å². The monoisotopic (exact) mass is 461 g/mol. The molecule has 0 bridgehead atoms. The van der Waals surface area contributed by atoms with Crippen molar-refractivity contribution >= 4 is 16.8 Å². The van der Waals surface area contributed by atoms with Gasteiger partial charge in [-0.25, -0.2) is 4.98 Å². The second-order valence-electron chi connectivity index (χ2n) is 9.62. The lowest BCUT2D eigenvalue weighted by molar-refractivity contribution is -0.139. The summed E-state index contributed by atoms with van der Waals surface area (Å²) in [4.78, 5) is 34.5. The highest BCUT2D eigenvalue weighted by Gasteiger charge is 2.34. The largest absolute Gasteiger partial charge is 0.497 e. The molecule has 6 heteroatoms. The third kappa shape index (κ3) is 4.72. The minimum Gasteiger partial charge on any atom is -0.497 e. The first-order valence-electron chi connectivity index (χ1n) is 12.4. The fourth-order valence-corrected chi connectivity index (χ4v) is 5.07. The average Bonchev–Trinajstić information content (AvgIpc) is 3.39. The van der Waals surface area contributed by atoms with Crippen LogP contribution in [-0.4, -0.2) is 34.0 Å². The van der Waals surface area contributed by atoms with E-state index in [-0.39, 0.29) is 23.4 Å². The number of amides is 1. The summed E-state index contributed by atoms with van der Waals surface area (Å²) in [5.41, 5.74) is 1.25. The number of benzene rings is 2. The molecule has 1 aliphatic rings. The molecule has 0 spiro atoms. The lowest BCUT2D eigenvalue weighted by atomic mass is 10.0. The Labute approximate surface area is 201 Å². The van der Waals surface area contributed by atoms with E-state index in [1.54, 1.807) is 11.7 Å². The van der Waals surface area contributed by atoms with Crippen LogP contribution < -0.4 is 10.3 Å². The van der Waals surface area contributed by atoms with Gasteiger partial charge in [0.05, 0.1) is 29.7 Å². The van der Waals surface area contributed by atoms with Crippen LogP contribution in [0.1, 0.15) is 64.7 Å². The number of ether oxygens (including phenoxy) is 1. The highest BCUT2D eigenvalue weighted by atomic mass is 16.5. The van der Waals surface area contributed by atoms with Crippen molar-refractivity contribution in [3.05, 3.63) is 64.7 Å². The van der Waals surface area contributed by atoms with Gasteiger partial charge >= 0.3 is 0 Å². The topological polar surface area (TPSA) is 64.4 Å². The van der Waals surface area contributed by atoms with E-state index in [2.05, 4.69) is 20.8 Å². The van der Waals surface area contributed by atoms with Gasteiger partial charge in [0, 0.05) is 12.5 Å². The van der Waals surface area contributed by atoms with Gasteiger partial charge in [0.25, 0.3) is 5.56 Å². The third-order valence-electron chi connectivity index (χ3n) is 6.74. The number of carbonyl (C=O) groups is 1. The molecule has 34 heavy (non-hydrogen) atoms. The molecule has 180 valence electrons. The van der Waals surface area contributed by atoms with Gasteiger partial charge in [0.15, 0.2) is 0 Å². The van der Waals surface area contributed by atoms with Crippen LogP contribution in [0.4, 0.5) is 0 Å². The summed E-state index contributed by atoms with van der Waals surface area (Å²) in [6, 6.07) is 14.6. The fourth-order valence-electron chi connectivity index (χ4n) is 5.07. The summed E-state index contributed by atoms with van der Waals surface area (Å²) in [6.07, 6.45) is 4.77. The molecule has 1 unspecified atom stereocenters. The minimum atomic E-state index is -0.296. The first kappa shape index (κ1) is 24.0. The number of para-hydroxylation sites is 1. The Morgan fingerprint density at radius 2 is 1.79 bits per heavy atom. The number of hydrogen-bond acceptors (Lipinski definition) is 4. The highest BCUT2D eigenvalue weighted by Crippen LogP contribution is 2.33. The molecule has 3 aromatic rings. The Bertz CT molecular complexity index is 1190. The molecule has 0 saturated heterocycles. The molecule has 1 fully saturated rings. The van der Waals surface area contributed by atoms with Crippen molar-refractivity contribution in [2.75, 3.05) is 13.7 Å². The average molecular weight is 462 g/mol. The lowest BCUT2D eigenvalue weighted by Gasteiger charge is -2.35. The van der Waals surface area contributed by atoms with Gasteiger partial charge in [-0.1, -0.05) is 45.7 Å². The summed E-state index contributed by atoms with van der Waals surface area (Å²) < 4.78 is 7.00. The Hall–Kier alpha value is -3.15. The molecular weight excluding hydrogens is 426 g/mol.